The third kappa shape index (κ3) is 4.35. The van der Waals surface area contributed by atoms with E-state index < -0.39 is 5.97 Å². The average molecular weight is 485 g/mol. The molecule has 0 aliphatic carbocycles. The van der Waals surface area contributed by atoms with E-state index in [4.69, 9.17) is 14.8 Å². The first kappa shape index (κ1) is 24.0. The van der Waals surface area contributed by atoms with Crippen LogP contribution >= 0.6 is 0 Å². The van der Waals surface area contributed by atoms with E-state index in [0.717, 1.165) is 57.9 Å². The highest BCUT2D eigenvalue weighted by Crippen LogP contribution is 2.38. The molecule has 2 aliphatic heterocycles. The van der Waals surface area contributed by atoms with Gasteiger partial charge < -0.3 is 14.7 Å². The highest BCUT2D eigenvalue weighted by molar-refractivity contribution is 5.77. The predicted octanol–water partition coefficient (Wildman–Crippen LogP) is 5.39. The SMILES string of the molecule is CC.Cc1nc2cc(-c3cccc(-c4ccccc4)c3)nn2c(N2C3CCC2COC3)c1CC(=O)O. The van der Waals surface area contributed by atoms with Gasteiger partial charge in [0.15, 0.2) is 5.65 Å². The molecule has 1 N–H and O–H groups in total. The van der Waals surface area contributed by atoms with Crippen molar-refractivity contribution in [3.8, 4) is 22.4 Å². The van der Waals surface area contributed by atoms with Crippen molar-refractivity contribution in [3.05, 3.63) is 71.9 Å². The number of carbonyl (C=O) groups is 1. The van der Waals surface area contributed by atoms with Crippen LogP contribution in [0.2, 0.25) is 0 Å². The minimum atomic E-state index is -0.867. The van der Waals surface area contributed by atoms with Gasteiger partial charge in [0, 0.05) is 22.9 Å². The first-order chi connectivity index (χ1) is 17.6. The summed E-state index contributed by atoms with van der Waals surface area (Å²) >= 11 is 0. The first-order valence-electron chi connectivity index (χ1n) is 12.7. The summed E-state index contributed by atoms with van der Waals surface area (Å²) in [4.78, 5) is 18.9. The molecule has 2 aromatic heterocycles. The van der Waals surface area contributed by atoms with E-state index in [9.17, 15) is 9.90 Å². The number of hydrogen-bond acceptors (Lipinski definition) is 5. The maximum Gasteiger partial charge on any atom is 0.308 e. The summed E-state index contributed by atoms with van der Waals surface area (Å²) in [6.45, 7) is 7.20. The van der Waals surface area contributed by atoms with Crippen molar-refractivity contribution in [1.29, 1.82) is 0 Å². The Morgan fingerprint density at radius 1 is 0.972 bits per heavy atom. The molecule has 2 fully saturated rings. The average Bonchev–Trinajstić information content (AvgIpc) is 3.42. The van der Waals surface area contributed by atoms with E-state index in [1.54, 1.807) is 0 Å². The van der Waals surface area contributed by atoms with E-state index in [1.807, 2.05) is 55.6 Å². The Morgan fingerprint density at radius 3 is 2.33 bits per heavy atom. The molecule has 2 atom stereocenters. The van der Waals surface area contributed by atoms with Gasteiger partial charge in [-0.3, -0.25) is 4.79 Å². The van der Waals surface area contributed by atoms with Gasteiger partial charge in [-0.15, -0.1) is 0 Å². The lowest BCUT2D eigenvalue weighted by atomic mass is 10.0. The zero-order valence-electron chi connectivity index (χ0n) is 21.0. The molecule has 0 spiro atoms. The maximum absolute atomic E-state index is 11.8. The lowest BCUT2D eigenvalue weighted by Gasteiger charge is -2.37. The third-order valence-corrected chi connectivity index (χ3v) is 6.96. The number of benzene rings is 2. The third-order valence-electron chi connectivity index (χ3n) is 6.96. The Balaban J connectivity index is 0.00000130. The minimum absolute atomic E-state index is 0.0837. The molecule has 0 amide bonds. The molecule has 2 unspecified atom stereocenters. The molecule has 4 heterocycles. The van der Waals surface area contributed by atoms with Crippen LogP contribution in [0.5, 0.6) is 0 Å². The molecule has 4 aromatic rings. The number of ether oxygens (including phenoxy) is 1. The van der Waals surface area contributed by atoms with Crippen molar-refractivity contribution >= 4 is 17.4 Å². The van der Waals surface area contributed by atoms with Crippen molar-refractivity contribution in [3.63, 3.8) is 0 Å². The van der Waals surface area contributed by atoms with Crippen molar-refractivity contribution in [2.45, 2.75) is 52.1 Å². The van der Waals surface area contributed by atoms with Gasteiger partial charge in [0.1, 0.15) is 5.82 Å². The number of anilines is 1. The number of hydrogen-bond donors (Lipinski definition) is 1. The van der Waals surface area contributed by atoms with E-state index in [2.05, 4.69) is 35.2 Å². The highest BCUT2D eigenvalue weighted by Gasteiger charge is 2.40. The van der Waals surface area contributed by atoms with Gasteiger partial charge >= 0.3 is 5.97 Å². The summed E-state index contributed by atoms with van der Waals surface area (Å²) in [5.74, 6) is -0.0137. The van der Waals surface area contributed by atoms with Gasteiger partial charge in [-0.1, -0.05) is 62.4 Å². The van der Waals surface area contributed by atoms with Crippen LogP contribution in [0.1, 0.15) is 37.9 Å². The van der Waals surface area contributed by atoms with Gasteiger partial charge in [-0.05, 0) is 37.0 Å². The Kier molecular flexibility index (Phi) is 6.74. The molecule has 7 nitrogen and oxygen atoms in total. The van der Waals surface area contributed by atoms with Gasteiger partial charge in [0.25, 0.3) is 0 Å². The number of carboxylic acids is 1. The van der Waals surface area contributed by atoms with Crippen LogP contribution in [0.3, 0.4) is 0 Å². The number of aromatic nitrogens is 3. The summed E-state index contributed by atoms with van der Waals surface area (Å²) in [5, 5.41) is 14.6. The molecule has 2 bridgehead atoms. The fourth-order valence-corrected chi connectivity index (χ4v) is 5.36. The normalized spacial score (nSPS) is 18.7. The highest BCUT2D eigenvalue weighted by atomic mass is 16.5. The molecule has 2 saturated heterocycles. The number of carboxylic acid groups (broad SMARTS) is 1. The largest absolute Gasteiger partial charge is 0.481 e. The topological polar surface area (TPSA) is 80.0 Å². The van der Waals surface area contributed by atoms with Crippen LogP contribution in [-0.2, 0) is 16.0 Å². The van der Waals surface area contributed by atoms with Crippen molar-refractivity contribution < 1.29 is 14.6 Å². The van der Waals surface area contributed by atoms with Gasteiger partial charge in [-0.25, -0.2) is 4.98 Å². The van der Waals surface area contributed by atoms with Crippen LogP contribution in [0.25, 0.3) is 28.0 Å². The molecule has 0 saturated carbocycles. The predicted molar refractivity (Wildman–Crippen MR) is 141 cm³/mol. The van der Waals surface area contributed by atoms with Gasteiger partial charge in [0.05, 0.1) is 37.4 Å². The second kappa shape index (κ2) is 10.1. The Hall–Kier alpha value is -3.71. The quantitative estimate of drug-likeness (QED) is 0.409. The smallest absolute Gasteiger partial charge is 0.308 e. The zero-order valence-corrected chi connectivity index (χ0v) is 21.0. The van der Waals surface area contributed by atoms with E-state index in [1.165, 1.54) is 0 Å². The van der Waals surface area contributed by atoms with Crippen molar-refractivity contribution in [2.24, 2.45) is 0 Å². The van der Waals surface area contributed by atoms with E-state index in [0.29, 0.717) is 13.2 Å². The van der Waals surface area contributed by atoms with E-state index in [-0.39, 0.29) is 18.5 Å². The number of morpholine rings is 1. The number of fused-ring (bicyclic) bond motifs is 3. The summed E-state index contributed by atoms with van der Waals surface area (Å²) < 4.78 is 7.65. The molecule has 7 heteroatoms. The summed E-state index contributed by atoms with van der Waals surface area (Å²) in [6.07, 6.45) is 1.99. The molecule has 2 aromatic carbocycles. The lowest BCUT2D eigenvalue weighted by Crippen LogP contribution is -2.47. The summed E-state index contributed by atoms with van der Waals surface area (Å²) in [7, 11) is 0. The maximum atomic E-state index is 11.8. The standard InChI is InChI=1S/C27H26N4O3.C2H6/c1-17-23(13-26(32)33)27(30-21-10-11-22(30)16-34-15-21)31-25(28-17)14-24(29-31)20-9-5-8-19(12-20)18-6-3-2-4-7-18;1-2/h2-9,12,14,21-22H,10-11,13,15-16H2,1H3,(H,32,33);1-2H3. The molecule has 36 heavy (non-hydrogen) atoms. The van der Waals surface area contributed by atoms with E-state index >= 15 is 0 Å². The van der Waals surface area contributed by atoms with Crippen LogP contribution < -0.4 is 4.90 Å². The van der Waals surface area contributed by atoms with Crippen LogP contribution in [-0.4, -0.2) is 51.0 Å². The summed E-state index contributed by atoms with van der Waals surface area (Å²) in [6, 6.07) is 21.0. The van der Waals surface area contributed by atoms with Crippen LogP contribution in [0.15, 0.2) is 60.7 Å². The molecule has 2 aliphatic rings. The fourth-order valence-electron chi connectivity index (χ4n) is 5.36. The lowest BCUT2D eigenvalue weighted by molar-refractivity contribution is -0.136. The Morgan fingerprint density at radius 2 is 1.64 bits per heavy atom. The fraction of sp³-hybridized carbons (Fsp3) is 0.345. The molecule has 186 valence electrons. The molecule has 6 rings (SSSR count). The van der Waals surface area contributed by atoms with Gasteiger partial charge in [0.2, 0.25) is 0 Å². The van der Waals surface area contributed by atoms with Crippen molar-refractivity contribution in [1.82, 2.24) is 14.6 Å². The zero-order chi connectivity index (χ0) is 25.2. The minimum Gasteiger partial charge on any atom is -0.481 e. The summed E-state index contributed by atoms with van der Waals surface area (Å²) in [5.41, 5.74) is 6.28. The number of aryl methyl sites for hydroxylation is 1. The number of rotatable bonds is 5. The second-order valence-corrected chi connectivity index (χ2v) is 9.15. The van der Waals surface area contributed by atoms with Crippen LogP contribution in [0, 0.1) is 6.92 Å². The monoisotopic (exact) mass is 484 g/mol. The molecular formula is C29H32N4O3. The van der Waals surface area contributed by atoms with Crippen LogP contribution in [0.4, 0.5) is 5.82 Å². The van der Waals surface area contributed by atoms with Crippen molar-refractivity contribution in [2.75, 3.05) is 18.1 Å². The molecular weight excluding hydrogens is 452 g/mol. The number of nitrogens with zero attached hydrogens (tertiary/aromatic N) is 4. The first-order valence-corrected chi connectivity index (χ1v) is 12.7. The number of aliphatic carboxylic acids is 1. The Bertz CT molecular complexity index is 1370. The van der Waals surface area contributed by atoms with Gasteiger partial charge in [-0.2, -0.15) is 9.61 Å². The second-order valence-electron chi connectivity index (χ2n) is 9.15. The Labute approximate surface area is 211 Å². The molecule has 0 radical (unpaired) electrons.